The first-order valence-corrected chi connectivity index (χ1v) is 7.64. The van der Waals surface area contributed by atoms with Crippen molar-refractivity contribution in [1.29, 1.82) is 0 Å². The molecule has 1 saturated heterocycles. The summed E-state index contributed by atoms with van der Waals surface area (Å²) < 4.78 is 5.31. The van der Waals surface area contributed by atoms with Gasteiger partial charge in [0.05, 0.1) is 24.6 Å². The van der Waals surface area contributed by atoms with Gasteiger partial charge in [-0.1, -0.05) is 24.4 Å². The molecule has 21 heavy (non-hydrogen) atoms. The molecular formula is C16H18ClNO3. The Kier molecular flexibility index (Phi) is 3.66. The van der Waals surface area contributed by atoms with E-state index in [1.165, 1.54) is 12.0 Å². The van der Waals surface area contributed by atoms with E-state index in [-0.39, 0.29) is 23.7 Å². The molecule has 0 N–H and O–H groups in total. The quantitative estimate of drug-likeness (QED) is 0.787. The molecule has 2 aliphatic rings. The molecule has 2 unspecified atom stereocenters. The molecule has 0 bridgehead atoms. The second-order valence-corrected chi connectivity index (χ2v) is 6.19. The van der Waals surface area contributed by atoms with E-state index in [1.807, 2.05) is 6.92 Å². The molecule has 1 aliphatic carbocycles. The molecule has 112 valence electrons. The summed E-state index contributed by atoms with van der Waals surface area (Å²) in [6.07, 6.45) is 3.65. The summed E-state index contributed by atoms with van der Waals surface area (Å²) in [5.74, 6) is -0.0423. The van der Waals surface area contributed by atoms with Crippen LogP contribution in [0.2, 0.25) is 5.02 Å². The second-order valence-electron chi connectivity index (χ2n) is 5.78. The van der Waals surface area contributed by atoms with E-state index in [0.717, 1.165) is 31.2 Å². The zero-order valence-corrected chi connectivity index (χ0v) is 12.9. The number of rotatable bonds is 2. The number of carbonyl (C=O) groups excluding carboxylic acids is 2. The Morgan fingerprint density at radius 2 is 1.71 bits per heavy atom. The number of nitrogens with zero attached hydrogens (tertiary/aromatic N) is 1. The van der Waals surface area contributed by atoms with Crippen molar-refractivity contribution in [3.8, 4) is 5.75 Å². The van der Waals surface area contributed by atoms with Crippen LogP contribution in [-0.2, 0) is 9.59 Å². The number of imide groups is 1. The number of ether oxygens (including phenoxy) is 1. The molecule has 2 atom stereocenters. The highest BCUT2D eigenvalue weighted by molar-refractivity contribution is 6.32. The van der Waals surface area contributed by atoms with Gasteiger partial charge in [0.1, 0.15) is 5.75 Å². The summed E-state index contributed by atoms with van der Waals surface area (Å²) in [6, 6.07) is 3.42. The van der Waals surface area contributed by atoms with Gasteiger partial charge >= 0.3 is 0 Å². The maximum absolute atomic E-state index is 12.6. The summed E-state index contributed by atoms with van der Waals surface area (Å²) in [6.45, 7) is 1.85. The van der Waals surface area contributed by atoms with Gasteiger partial charge in [-0.25, -0.2) is 4.90 Å². The lowest BCUT2D eigenvalue weighted by molar-refractivity contribution is -0.122. The number of methoxy groups -OCH3 is 1. The van der Waals surface area contributed by atoms with Crippen molar-refractivity contribution in [3.63, 3.8) is 0 Å². The maximum Gasteiger partial charge on any atom is 0.237 e. The Balaban J connectivity index is 2.06. The third-order valence-corrected chi connectivity index (χ3v) is 4.95. The minimum atomic E-state index is -0.160. The third kappa shape index (κ3) is 2.22. The van der Waals surface area contributed by atoms with Crippen LogP contribution in [0.15, 0.2) is 12.1 Å². The first-order valence-electron chi connectivity index (χ1n) is 7.26. The summed E-state index contributed by atoms with van der Waals surface area (Å²) in [5.41, 5.74) is 1.34. The molecule has 2 fully saturated rings. The summed E-state index contributed by atoms with van der Waals surface area (Å²) in [5, 5.41) is 0.562. The van der Waals surface area contributed by atoms with Crippen LogP contribution in [0.25, 0.3) is 0 Å². The minimum Gasteiger partial charge on any atom is -0.495 e. The monoisotopic (exact) mass is 307 g/mol. The van der Waals surface area contributed by atoms with E-state index >= 15 is 0 Å². The van der Waals surface area contributed by atoms with Gasteiger partial charge in [-0.2, -0.15) is 0 Å². The standard InChI is InChI=1S/C16H18ClNO3/c1-9-7-13(14(21-2)8-12(9)17)18-15(19)10-5-3-4-6-11(10)16(18)20/h7-8,10-11H,3-6H2,1-2H3. The zero-order valence-electron chi connectivity index (χ0n) is 12.2. The topological polar surface area (TPSA) is 46.6 Å². The number of carbonyl (C=O) groups is 2. The average Bonchev–Trinajstić information content (AvgIpc) is 2.74. The van der Waals surface area contributed by atoms with Crippen molar-refractivity contribution in [2.24, 2.45) is 11.8 Å². The fraction of sp³-hybridized carbons (Fsp3) is 0.500. The highest BCUT2D eigenvalue weighted by atomic mass is 35.5. The lowest BCUT2D eigenvalue weighted by Gasteiger charge is -2.19. The molecule has 0 spiro atoms. The van der Waals surface area contributed by atoms with Crippen molar-refractivity contribution in [3.05, 3.63) is 22.7 Å². The molecule has 0 aromatic heterocycles. The molecule has 1 saturated carbocycles. The second kappa shape index (κ2) is 5.34. The van der Waals surface area contributed by atoms with Gasteiger partial charge < -0.3 is 4.74 Å². The first kappa shape index (κ1) is 14.4. The van der Waals surface area contributed by atoms with Crippen LogP contribution < -0.4 is 9.64 Å². The number of hydrogen-bond acceptors (Lipinski definition) is 3. The van der Waals surface area contributed by atoms with Crippen LogP contribution in [0.1, 0.15) is 31.2 Å². The van der Waals surface area contributed by atoms with Gasteiger partial charge in [0.2, 0.25) is 11.8 Å². The van der Waals surface area contributed by atoms with Crippen LogP contribution in [0.5, 0.6) is 5.75 Å². The van der Waals surface area contributed by atoms with Gasteiger partial charge in [-0.3, -0.25) is 9.59 Å². The zero-order chi connectivity index (χ0) is 15.1. The van der Waals surface area contributed by atoms with Crippen LogP contribution in [0.3, 0.4) is 0 Å². The van der Waals surface area contributed by atoms with Crippen LogP contribution in [0.4, 0.5) is 5.69 Å². The Hall–Kier alpha value is -1.55. The third-order valence-electron chi connectivity index (χ3n) is 4.54. The van der Waals surface area contributed by atoms with E-state index < -0.39 is 0 Å². The summed E-state index contributed by atoms with van der Waals surface area (Å²) in [7, 11) is 1.52. The number of halogens is 1. The fourth-order valence-corrected chi connectivity index (χ4v) is 3.54. The fourth-order valence-electron chi connectivity index (χ4n) is 3.39. The molecule has 2 amide bonds. The first-order chi connectivity index (χ1) is 10.0. The smallest absolute Gasteiger partial charge is 0.237 e. The average molecular weight is 308 g/mol. The van der Waals surface area contributed by atoms with E-state index in [0.29, 0.717) is 16.5 Å². The van der Waals surface area contributed by atoms with Gasteiger partial charge in [0.25, 0.3) is 0 Å². The molecule has 3 rings (SSSR count). The van der Waals surface area contributed by atoms with Crippen LogP contribution in [-0.4, -0.2) is 18.9 Å². The van der Waals surface area contributed by atoms with Gasteiger partial charge in [-0.15, -0.1) is 0 Å². The Bertz CT molecular complexity index is 590. The van der Waals surface area contributed by atoms with Crippen molar-refractivity contribution in [2.45, 2.75) is 32.6 Å². The summed E-state index contributed by atoms with van der Waals surface area (Å²) in [4.78, 5) is 26.6. The van der Waals surface area contributed by atoms with Crippen molar-refractivity contribution in [1.82, 2.24) is 0 Å². The molecule has 4 nitrogen and oxygen atoms in total. The van der Waals surface area contributed by atoms with Gasteiger partial charge in [-0.05, 0) is 31.4 Å². The highest BCUT2D eigenvalue weighted by Crippen LogP contribution is 2.43. The Morgan fingerprint density at radius 1 is 1.14 bits per heavy atom. The molecular weight excluding hydrogens is 290 g/mol. The van der Waals surface area contributed by atoms with Gasteiger partial charge in [0.15, 0.2) is 0 Å². The number of hydrogen-bond donors (Lipinski definition) is 0. The number of fused-ring (bicyclic) bond motifs is 1. The highest BCUT2D eigenvalue weighted by Gasteiger charge is 2.49. The van der Waals surface area contributed by atoms with Crippen molar-refractivity contribution in [2.75, 3.05) is 12.0 Å². The predicted molar refractivity (Wildman–Crippen MR) is 80.7 cm³/mol. The number of anilines is 1. The largest absolute Gasteiger partial charge is 0.495 e. The number of amides is 2. The SMILES string of the molecule is COc1cc(Cl)c(C)cc1N1C(=O)C2CCCCC2C1=O. The molecule has 1 aromatic rings. The number of benzene rings is 1. The minimum absolute atomic E-state index is 0.0928. The Labute approximate surface area is 129 Å². The molecule has 1 aromatic carbocycles. The van der Waals surface area contributed by atoms with Crippen LogP contribution >= 0.6 is 11.6 Å². The molecule has 1 aliphatic heterocycles. The number of aryl methyl sites for hydroxylation is 1. The molecule has 5 heteroatoms. The van der Waals surface area contributed by atoms with Crippen LogP contribution in [0, 0.1) is 18.8 Å². The predicted octanol–water partition coefficient (Wildman–Crippen LogP) is 3.34. The maximum atomic E-state index is 12.6. The van der Waals surface area contributed by atoms with E-state index in [9.17, 15) is 9.59 Å². The lowest BCUT2D eigenvalue weighted by atomic mass is 9.81. The van der Waals surface area contributed by atoms with Gasteiger partial charge in [0, 0.05) is 11.1 Å². The van der Waals surface area contributed by atoms with E-state index in [4.69, 9.17) is 16.3 Å². The molecule has 0 radical (unpaired) electrons. The Morgan fingerprint density at radius 3 is 2.24 bits per heavy atom. The lowest BCUT2D eigenvalue weighted by Crippen LogP contribution is -2.31. The van der Waals surface area contributed by atoms with Crippen molar-refractivity contribution >= 4 is 29.1 Å². The normalized spacial score (nSPS) is 25.2. The molecule has 1 heterocycles. The summed E-state index contributed by atoms with van der Waals surface area (Å²) >= 11 is 6.10. The van der Waals surface area contributed by atoms with E-state index in [2.05, 4.69) is 0 Å². The van der Waals surface area contributed by atoms with Crippen molar-refractivity contribution < 1.29 is 14.3 Å². The van der Waals surface area contributed by atoms with E-state index in [1.54, 1.807) is 12.1 Å².